The summed E-state index contributed by atoms with van der Waals surface area (Å²) in [6.07, 6.45) is 0. The average molecular weight is 262 g/mol. The minimum atomic E-state index is -0.574. The summed E-state index contributed by atoms with van der Waals surface area (Å²) >= 11 is 3.12. The highest BCUT2D eigenvalue weighted by atomic mass is 79.9. The summed E-state index contributed by atoms with van der Waals surface area (Å²) in [6, 6.07) is 3.07. The van der Waals surface area contributed by atoms with E-state index < -0.39 is 11.5 Å². The number of nitro groups is 1. The minimum Gasteiger partial charge on any atom is -0.490 e. The van der Waals surface area contributed by atoms with Crippen molar-refractivity contribution < 1.29 is 14.8 Å². The maximum atomic E-state index is 10.7. The van der Waals surface area contributed by atoms with Gasteiger partial charge in [-0.25, -0.2) is 0 Å². The van der Waals surface area contributed by atoms with Crippen LogP contribution in [0.4, 0.5) is 5.69 Å². The lowest BCUT2D eigenvalue weighted by atomic mass is 10.2. The Morgan fingerprint density at radius 2 is 2.29 bits per heavy atom. The molecule has 0 aromatic heterocycles. The first-order valence-electron chi connectivity index (χ1n) is 3.72. The predicted molar refractivity (Wildman–Crippen MR) is 53.3 cm³/mol. The second-order valence-electron chi connectivity index (χ2n) is 2.49. The van der Waals surface area contributed by atoms with Crippen LogP contribution in [0.3, 0.4) is 0 Å². The van der Waals surface area contributed by atoms with Crippen LogP contribution in [0.15, 0.2) is 16.6 Å². The van der Waals surface area contributed by atoms with Crippen molar-refractivity contribution in [3.05, 3.63) is 32.3 Å². The molecule has 1 N–H and O–H groups in total. The molecular weight excluding hydrogens is 254 g/mol. The van der Waals surface area contributed by atoms with Crippen LogP contribution in [-0.4, -0.2) is 17.1 Å². The van der Waals surface area contributed by atoms with Gasteiger partial charge in [-0.15, -0.1) is 0 Å². The molecule has 76 valence electrons. The van der Waals surface area contributed by atoms with Gasteiger partial charge in [-0.3, -0.25) is 10.1 Å². The highest BCUT2D eigenvalue weighted by Gasteiger charge is 2.22. The fraction of sp³-hybridized carbons (Fsp3) is 0.250. The van der Waals surface area contributed by atoms with Crippen LogP contribution in [0.25, 0.3) is 0 Å². The van der Waals surface area contributed by atoms with Crippen LogP contribution in [-0.2, 0) is 6.61 Å². The summed E-state index contributed by atoms with van der Waals surface area (Å²) in [5.74, 6) is 0.141. The Morgan fingerprint density at radius 1 is 1.64 bits per heavy atom. The van der Waals surface area contributed by atoms with Gasteiger partial charge in [0.1, 0.15) is 0 Å². The molecule has 0 spiro atoms. The van der Waals surface area contributed by atoms with Gasteiger partial charge in [0.2, 0.25) is 0 Å². The predicted octanol–water partition coefficient (Wildman–Crippen LogP) is 1.86. The molecule has 1 aromatic carbocycles. The fourth-order valence-corrected chi connectivity index (χ4v) is 1.55. The third-order valence-electron chi connectivity index (χ3n) is 1.75. The fourth-order valence-electron chi connectivity index (χ4n) is 1.11. The lowest BCUT2D eigenvalue weighted by Crippen LogP contribution is -1.99. The Hall–Kier alpha value is -1.14. The van der Waals surface area contributed by atoms with E-state index in [1.165, 1.54) is 13.2 Å². The van der Waals surface area contributed by atoms with Crippen LogP contribution in [0.5, 0.6) is 5.75 Å². The summed E-state index contributed by atoms with van der Waals surface area (Å²) in [5, 5.41) is 19.7. The molecule has 0 heterocycles. The van der Waals surface area contributed by atoms with Gasteiger partial charge in [0.05, 0.1) is 24.2 Å². The molecule has 0 aliphatic heterocycles. The summed E-state index contributed by atoms with van der Waals surface area (Å²) in [7, 11) is 1.34. The molecule has 0 aliphatic rings. The highest BCUT2D eigenvalue weighted by molar-refractivity contribution is 9.10. The molecule has 0 saturated heterocycles. The summed E-state index contributed by atoms with van der Waals surface area (Å²) in [4.78, 5) is 10.1. The number of nitro benzene ring substituents is 1. The molecule has 0 unspecified atom stereocenters. The van der Waals surface area contributed by atoms with Crippen molar-refractivity contribution in [1.82, 2.24) is 0 Å². The highest BCUT2D eigenvalue weighted by Crippen LogP contribution is 2.35. The Bertz CT molecular complexity index is 367. The first-order chi connectivity index (χ1) is 6.61. The number of hydrogen-bond acceptors (Lipinski definition) is 4. The molecule has 5 nitrogen and oxygen atoms in total. The van der Waals surface area contributed by atoms with Gasteiger partial charge in [0.25, 0.3) is 0 Å². The lowest BCUT2D eigenvalue weighted by molar-refractivity contribution is -0.386. The number of nitrogens with zero attached hydrogens (tertiary/aromatic N) is 1. The maximum absolute atomic E-state index is 10.7. The number of methoxy groups -OCH3 is 1. The standard InChI is InChI=1S/C8H8BrNO4/c1-14-7-3-2-6(9)5(4-11)8(7)10(12)13/h2-3,11H,4H2,1H3. The second-order valence-corrected chi connectivity index (χ2v) is 3.35. The van der Waals surface area contributed by atoms with E-state index in [1.54, 1.807) is 6.07 Å². The first-order valence-corrected chi connectivity index (χ1v) is 4.51. The van der Waals surface area contributed by atoms with Crippen molar-refractivity contribution >= 4 is 21.6 Å². The quantitative estimate of drug-likeness (QED) is 0.666. The summed E-state index contributed by atoms with van der Waals surface area (Å²) in [6.45, 7) is -0.409. The molecule has 0 aliphatic carbocycles. The van der Waals surface area contributed by atoms with Crippen LogP contribution in [0.1, 0.15) is 5.56 Å². The molecule has 1 aromatic rings. The Kier molecular flexibility index (Phi) is 3.43. The molecule has 0 fully saturated rings. The van der Waals surface area contributed by atoms with Crippen molar-refractivity contribution in [3.8, 4) is 5.75 Å². The van der Waals surface area contributed by atoms with E-state index in [2.05, 4.69) is 15.9 Å². The Morgan fingerprint density at radius 3 is 2.71 bits per heavy atom. The second kappa shape index (κ2) is 4.39. The van der Waals surface area contributed by atoms with Crippen molar-refractivity contribution in [2.45, 2.75) is 6.61 Å². The van der Waals surface area contributed by atoms with Gasteiger partial charge in [0, 0.05) is 4.47 Å². The van der Waals surface area contributed by atoms with Crippen molar-refractivity contribution in [2.24, 2.45) is 0 Å². The van der Waals surface area contributed by atoms with Crippen LogP contribution in [0, 0.1) is 10.1 Å². The summed E-state index contributed by atoms with van der Waals surface area (Å²) in [5.41, 5.74) is 0.0127. The maximum Gasteiger partial charge on any atom is 0.317 e. The van der Waals surface area contributed by atoms with Crippen LogP contribution < -0.4 is 4.74 Å². The van der Waals surface area contributed by atoms with Crippen molar-refractivity contribution in [1.29, 1.82) is 0 Å². The average Bonchev–Trinajstić information content (AvgIpc) is 2.17. The lowest BCUT2D eigenvalue weighted by Gasteiger charge is -2.06. The third-order valence-corrected chi connectivity index (χ3v) is 2.49. The molecule has 0 amide bonds. The zero-order valence-corrected chi connectivity index (χ0v) is 8.94. The third kappa shape index (κ3) is 1.85. The zero-order valence-electron chi connectivity index (χ0n) is 7.36. The number of benzene rings is 1. The van der Waals surface area contributed by atoms with Gasteiger partial charge < -0.3 is 9.84 Å². The largest absolute Gasteiger partial charge is 0.490 e. The number of rotatable bonds is 3. The molecule has 0 saturated carbocycles. The van der Waals surface area contributed by atoms with Crippen LogP contribution in [0.2, 0.25) is 0 Å². The van der Waals surface area contributed by atoms with Crippen molar-refractivity contribution in [3.63, 3.8) is 0 Å². The summed E-state index contributed by atoms with van der Waals surface area (Å²) < 4.78 is 5.32. The number of ether oxygens (including phenoxy) is 1. The molecule has 0 bridgehead atoms. The van der Waals surface area contributed by atoms with E-state index >= 15 is 0 Å². The number of halogens is 1. The molecule has 14 heavy (non-hydrogen) atoms. The molecule has 1 rings (SSSR count). The smallest absolute Gasteiger partial charge is 0.317 e. The van der Waals surface area contributed by atoms with E-state index in [9.17, 15) is 10.1 Å². The Labute approximate surface area is 88.6 Å². The van der Waals surface area contributed by atoms with Gasteiger partial charge in [-0.1, -0.05) is 15.9 Å². The van der Waals surface area contributed by atoms with Crippen molar-refractivity contribution in [2.75, 3.05) is 7.11 Å². The molecular formula is C8H8BrNO4. The molecule has 6 heteroatoms. The van der Waals surface area contributed by atoms with Gasteiger partial charge in [-0.05, 0) is 12.1 Å². The number of aliphatic hydroxyl groups is 1. The number of hydrogen-bond donors (Lipinski definition) is 1. The van der Waals surface area contributed by atoms with E-state index in [0.29, 0.717) is 4.47 Å². The molecule has 0 atom stereocenters. The monoisotopic (exact) mass is 261 g/mol. The SMILES string of the molecule is COc1ccc(Br)c(CO)c1[N+](=O)[O-]. The van der Waals surface area contributed by atoms with E-state index in [-0.39, 0.29) is 17.0 Å². The van der Waals surface area contributed by atoms with Gasteiger partial charge in [-0.2, -0.15) is 0 Å². The van der Waals surface area contributed by atoms with E-state index in [0.717, 1.165) is 0 Å². The van der Waals surface area contributed by atoms with E-state index in [1.807, 2.05) is 0 Å². The zero-order chi connectivity index (χ0) is 10.7. The topological polar surface area (TPSA) is 72.6 Å². The van der Waals surface area contributed by atoms with E-state index in [4.69, 9.17) is 9.84 Å². The van der Waals surface area contributed by atoms with Gasteiger partial charge >= 0.3 is 5.69 Å². The minimum absolute atomic E-state index is 0.141. The Balaban J connectivity index is 3.43. The van der Waals surface area contributed by atoms with Crippen LogP contribution >= 0.6 is 15.9 Å². The molecule has 0 radical (unpaired) electrons. The number of aliphatic hydroxyl groups excluding tert-OH is 1. The van der Waals surface area contributed by atoms with Gasteiger partial charge in [0.15, 0.2) is 5.75 Å². The normalized spacial score (nSPS) is 9.93. The first kappa shape index (κ1) is 10.9.